The molecule has 2 rings (SSSR count). The van der Waals surface area contributed by atoms with E-state index in [2.05, 4.69) is 42.1 Å². The van der Waals surface area contributed by atoms with E-state index in [1.807, 2.05) is 0 Å². The van der Waals surface area contributed by atoms with Crippen LogP contribution in [0.3, 0.4) is 0 Å². The maximum atomic E-state index is 4.62. The van der Waals surface area contributed by atoms with Gasteiger partial charge < -0.3 is 5.32 Å². The highest BCUT2D eigenvalue weighted by molar-refractivity contribution is 5.20. The van der Waals surface area contributed by atoms with Gasteiger partial charge in [-0.05, 0) is 33.2 Å². The van der Waals surface area contributed by atoms with Crippen LogP contribution in [0.25, 0.3) is 0 Å². The molecule has 0 amide bonds. The Labute approximate surface area is 105 Å². The quantitative estimate of drug-likeness (QED) is 0.867. The van der Waals surface area contributed by atoms with Crippen molar-refractivity contribution in [3.63, 3.8) is 0 Å². The molecule has 1 unspecified atom stereocenters. The SMILES string of the molecule is CCNC(C)c1cnn(C2CCCCC2)c1C. The molecule has 0 spiro atoms. The van der Waals surface area contributed by atoms with E-state index in [0.29, 0.717) is 12.1 Å². The second-order valence-electron chi connectivity index (χ2n) is 5.20. The maximum absolute atomic E-state index is 4.62. The fourth-order valence-electron chi connectivity index (χ4n) is 2.97. The molecule has 1 aromatic heterocycles. The summed E-state index contributed by atoms with van der Waals surface area (Å²) in [7, 11) is 0. The van der Waals surface area contributed by atoms with Gasteiger partial charge in [-0.2, -0.15) is 5.10 Å². The van der Waals surface area contributed by atoms with E-state index in [1.165, 1.54) is 43.4 Å². The molecule has 1 N–H and O–H groups in total. The van der Waals surface area contributed by atoms with E-state index < -0.39 is 0 Å². The van der Waals surface area contributed by atoms with Gasteiger partial charge in [0.05, 0.1) is 12.2 Å². The molecule has 3 nitrogen and oxygen atoms in total. The summed E-state index contributed by atoms with van der Waals surface area (Å²) in [4.78, 5) is 0. The molecule has 3 heteroatoms. The predicted octanol–water partition coefficient (Wildman–Crippen LogP) is 3.37. The van der Waals surface area contributed by atoms with Crippen molar-refractivity contribution in [1.29, 1.82) is 0 Å². The largest absolute Gasteiger partial charge is 0.310 e. The molecule has 0 radical (unpaired) electrons. The maximum Gasteiger partial charge on any atom is 0.0540 e. The molecule has 0 bridgehead atoms. The first kappa shape index (κ1) is 12.6. The van der Waals surface area contributed by atoms with Crippen molar-refractivity contribution in [3.05, 3.63) is 17.5 Å². The molecule has 1 saturated carbocycles. The first-order valence-electron chi connectivity index (χ1n) is 7.01. The van der Waals surface area contributed by atoms with Crippen LogP contribution in [0.4, 0.5) is 0 Å². The lowest BCUT2D eigenvalue weighted by Gasteiger charge is -2.23. The zero-order valence-corrected chi connectivity index (χ0v) is 11.4. The second-order valence-corrected chi connectivity index (χ2v) is 5.20. The summed E-state index contributed by atoms with van der Waals surface area (Å²) in [6.07, 6.45) is 8.79. The van der Waals surface area contributed by atoms with Crippen LogP contribution >= 0.6 is 0 Å². The summed E-state index contributed by atoms with van der Waals surface area (Å²) in [6, 6.07) is 1.06. The number of rotatable bonds is 4. The van der Waals surface area contributed by atoms with Gasteiger partial charge in [-0.25, -0.2) is 0 Å². The van der Waals surface area contributed by atoms with Gasteiger partial charge in [-0.1, -0.05) is 26.2 Å². The van der Waals surface area contributed by atoms with Crippen molar-refractivity contribution in [2.45, 2.75) is 65.0 Å². The van der Waals surface area contributed by atoms with Crippen molar-refractivity contribution in [3.8, 4) is 0 Å². The molecule has 1 aliphatic rings. The van der Waals surface area contributed by atoms with E-state index in [-0.39, 0.29) is 0 Å². The van der Waals surface area contributed by atoms with Gasteiger partial charge in [-0.3, -0.25) is 4.68 Å². The lowest BCUT2D eigenvalue weighted by molar-refractivity contribution is 0.324. The number of nitrogens with zero attached hydrogens (tertiary/aromatic N) is 2. The van der Waals surface area contributed by atoms with E-state index in [4.69, 9.17) is 0 Å². The Morgan fingerprint density at radius 3 is 2.76 bits per heavy atom. The third kappa shape index (κ3) is 2.71. The van der Waals surface area contributed by atoms with Crippen LogP contribution in [0, 0.1) is 6.92 Å². The van der Waals surface area contributed by atoms with Crippen LogP contribution in [0.2, 0.25) is 0 Å². The highest BCUT2D eigenvalue weighted by Crippen LogP contribution is 2.30. The monoisotopic (exact) mass is 235 g/mol. The minimum Gasteiger partial charge on any atom is -0.310 e. The fourth-order valence-corrected chi connectivity index (χ4v) is 2.97. The van der Waals surface area contributed by atoms with Crippen molar-refractivity contribution in [2.75, 3.05) is 6.54 Å². The number of aromatic nitrogens is 2. The Morgan fingerprint density at radius 2 is 2.12 bits per heavy atom. The average Bonchev–Trinajstić information content (AvgIpc) is 2.72. The van der Waals surface area contributed by atoms with Gasteiger partial charge in [0.25, 0.3) is 0 Å². The zero-order valence-electron chi connectivity index (χ0n) is 11.4. The highest BCUT2D eigenvalue weighted by atomic mass is 15.3. The minimum absolute atomic E-state index is 0.414. The smallest absolute Gasteiger partial charge is 0.0540 e. The van der Waals surface area contributed by atoms with Crippen LogP contribution in [0.5, 0.6) is 0 Å². The Balaban J connectivity index is 2.13. The molecular weight excluding hydrogens is 210 g/mol. The Kier molecular flexibility index (Phi) is 4.21. The Morgan fingerprint density at radius 1 is 1.41 bits per heavy atom. The third-order valence-electron chi connectivity index (χ3n) is 3.98. The lowest BCUT2D eigenvalue weighted by Crippen LogP contribution is -2.19. The van der Waals surface area contributed by atoms with Gasteiger partial charge in [-0.15, -0.1) is 0 Å². The second kappa shape index (κ2) is 5.67. The zero-order chi connectivity index (χ0) is 12.3. The number of hydrogen-bond acceptors (Lipinski definition) is 2. The summed E-state index contributed by atoms with van der Waals surface area (Å²) < 4.78 is 2.27. The average molecular weight is 235 g/mol. The molecule has 0 aliphatic heterocycles. The summed E-state index contributed by atoms with van der Waals surface area (Å²) in [5, 5.41) is 8.08. The van der Waals surface area contributed by atoms with Crippen LogP contribution in [0.1, 0.15) is 69.3 Å². The van der Waals surface area contributed by atoms with Crippen LogP contribution in [0.15, 0.2) is 6.20 Å². The van der Waals surface area contributed by atoms with Gasteiger partial charge in [0.2, 0.25) is 0 Å². The van der Waals surface area contributed by atoms with Crippen LogP contribution in [-0.2, 0) is 0 Å². The summed E-state index contributed by atoms with van der Waals surface area (Å²) in [5.41, 5.74) is 2.71. The van der Waals surface area contributed by atoms with E-state index in [1.54, 1.807) is 0 Å². The normalized spacial score (nSPS) is 19.5. The highest BCUT2D eigenvalue weighted by Gasteiger charge is 2.20. The third-order valence-corrected chi connectivity index (χ3v) is 3.98. The van der Waals surface area contributed by atoms with E-state index in [9.17, 15) is 0 Å². The van der Waals surface area contributed by atoms with E-state index >= 15 is 0 Å². The van der Waals surface area contributed by atoms with Crippen LogP contribution < -0.4 is 5.32 Å². The minimum atomic E-state index is 0.414. The van der Waals surface area contributed by atoms with Crippen molar-refractivity contribution in [1.82, 2.24) is 15.1 Å². The topological polar surface area (TPSA) is 29.9 Å². The standard InChI is InChI=1S/C14H25N3/c1-4-15-11(2)14-10-16-17(12(14)3)13-8-6-5-7-9-13/h10-11,13,15H,4-9H2,1-3H3. The molecule has 1 fully saturated rings. The molecule has 0 aromatic carbocycles. The van der Waals surface area contributed by atoms with Crippen molar-refractivity contribution < 1.29 is 0 Å². The van der Waals surface area contributed by atoms with Gasteiger partial charge in [0, 0.05) is 17.3 Å². The molecule has 1 atom stereocenters. The molecule has 17 heavy (non-hydrogen) atoms. The lowest BCUT2D eigenvalue weighted by atomic mass is 9.95. The van der Waals surface area contributed by atoms with Gasteiger partial charge in [0.1, 0.15) is 0 Å². The predicted molar refractivity (Wildman–Crippen MR) is 71.2 cm³/mol. The molecule has 1 heterocycles. The number of nitrogens with one attached hydrogen (secondary N) is 1. The van der Waals surface area contributed by atoms with Crippen molar-refractivity contribution >= 4 is 0 Å². The van der Waals surface area contributed by atoms with E-state index in [0.717, 1.165) is 6.54 Å². The Bertz CT molecular complexity index is 350. The summed E-state index contributed by atoms with van der Waals surface area (Å²) in [5.74, 6) is 0. The fraction of sp³-hybridized carbons (Fsp3) is 0.786. The van der Waals surface area contributed by atoms with Gasteiger partial charge in [0.15, 0.2) is 0 Å². The molecule has 1 aromatic rings. The van der Waals surface area contributed by atoms with Gasteiger partial charge >= 0.3 is 0 Å². The summed E-state index contributed by atoms with van der Waals surface area (Å²) in [6.45, 7) is 7.59. The first-order valence-corrected chi connectivity index (χ1v) is 7.01. The molecule has 1 aliphatic carbocycles. The Hall–Kier alpha value is -0.830. The summed E-state index contributed by atoms with van der Waals surface area (Å²) >= 11 is 0. The molecular formula is C14H25N3. The van der Waals surface area contributed by atoms with Crippen molar-refractivity contribution in [2.24, 2.45) is 0 Å². The molecule has 0 saturated heterocycles. The molecule has 96 valence electrons. The first-order chi connectivity index (χ1) is 8.24. The number of hydrogen-bond donors (Lipinski definition) is 1. The van der Waals surface area contributed by atoms with Crippen LogP contribution in [-0.4, -0.2) is 16.3 Å².